The molecule has 0 N–H and O–H groups in total. The van der Waals surface area contributed by atoms with Gasteiger partial charge in [-0.05, 0) is 30.7 Å². The maximum absolute atomic E-state index is 5.89. The molecule has 0 radical (unpaired) electrons. The molecule has 0 saturated carbocycles. The van der Waals surface area contributed by atoms with Gasteiger partial charge in [0, 0.05) is 5.75 Å². The van der Waals surface area contributed by atoms with Gasteiger partial charge in [-0.15, -0.1) is 10.2 Å². The van der Waals surface area contributed by atoms with Crippen molar-refractivity contribution in [3.05, 3.63) is 78.3 Å². The van der Waals surface area contributed by atoms with E-state index in [1.165, 1.54) is 5.56 Å². The first-order valence-corrected chi connectivity index (χ1v) is 10.6. The highest BCUT2D eigenvalue weighted by Crippen LogP contribution is 2.29. The predicted molar refractivity (Wildman–Crippen MR) is 117 cm³/mol. The SMILES string of the molecule is COc1ccccc1OCCSc1nnc(-c2ccoc2C)n1Cc1ccccc1. The summed E-state index contributed by atoms with van der Waals surface area (Å²) in [5, 5.41) is 9.74. The lowest BCUT2D eigenvalue weighted by molar-refractivity contribution is 0.313. The van der Waals surface area contributed by atoms with E-state index in [0.29, 0.717) is 13.2 Å². The molecule has 0 aliphatic rings. The Labute approximate surface area is 179 Å². The van der Waals surface area contributed by atoms with Gasteiger partial charge in [0.2, 0.25) is 0 Å². The molecule has 0 saturated heterocycles. The van der Waals surface area contributed by atoms with E-state index >= 15 is 0 Å². The highest BCUT2D eigenvalue weighted by Gasteiger charge is 2.18. The maximum Gasteiger partial charge on any atom is 0.191 e. The molecule has 0 atom stereocenters. The third-order valence-corrected chi connectivity index (χ3v) is 5.57. The van der Waals surface area contributed by atoms with Crippen LogP contribution in [0.15, 0.2) is 76.5 Å². The Kier molecular flexibility index (Phi) is 6.39. The summed E-state index contributed by atoms with van der Waals surface area (Å²) < 4.78 is 18.8. The zero-order chi connectivity index (χ0) is 20.8. The molecule has 2 heterocycles. The number of hydrogen-bond acceptors (Lipinski definition) is 6. The van der Waals surface area contributed by atoms with Crippen molar-refractivity contribution in [2.24, 2.45) is 0 Å². The fraction of sp³-hybridized carbons (Fsp3) is 0.217. The minimum absolute atomic E-state index is 0.531. The third-order valence-electron chi connectivity index (χ3n) is 4.64. The Morgan fingerprint density at radius 1 is 0.967 bits per heavy atom. The zero-order valence-electron chi connectivity index (χ0n) is 16.9. The molecule has 0 spiro atoms. The van der Waals surface area contributed by atoms with Gasteiger partial charge in [-0.3, -0.25) is 4.57 Å². The quantitative estimate of drug-likeness (QED) is 0.278. The molecule has 6 nitrogen and oxygen atoms in total. The molecule has 4 rings (SSSR count). The van der Waals surface area contributed by atoms with E-state index in [4.69, 9.17) is 13.9 Å². The van der Waals surface area contributed by atoms with Gasteiger partial charge >= 0.3 is 0 Å². The number of para-hydroxylation sites is 2. The van der Waals surface area contributed by atoms with Gasteiger partial charge < -0.3 is 13.9 Å². The minimum atomic E-state index is 0.531. The number of nitrogens with zero attached hydrogens (tertiary/aromatic N) is 3. The second kappa shape index (κ2) is 9.54. The number of methoxy groups -OCH3 is 1. The van der Waals surface area contributed by atoms with Crippen LogP contribution >= 0.6 is 11.8 Å². The number of furan rings is 1. The van der Waals surface area contributed by atoms with Gasteiger partial charge in [-0.2, -0.15) is 0 Å². The van der Waals surface area contributed by atoms with Gasteiger partial charge in [0.1, 0.15) is 5.76 Å². The van der Waals surface area contributed by atoms with E-state index in [2.05, 4.69) is 26.9 Å². The molecule has 0 amide bonds. The maximum atomic E-state index is 5.89. The average molecular weight is 422 g/mol. The van der Waals surface area contributed by atoms with Gasteiger partial charge in [0.05, 0.1) is 32.1 Å². The molecule has 2 aromatic carbocycles. The average Bonchev–Trinajstić information content (AvgIpc) is 3.38. The Hall–Kier alpha value is -3.19. The normalized spacial score (nSPS) is 10.9. The lowest BCUT2D eigenvalue weighted by Crippen LogP contribution is -2.06. The van der Waals surface area contributed by atoms with Gasteiger partial charge in [-0.25, -0.2) is 0 Å². The van der Waals surface area contributed by atoms with Crippen molar-refractivity contribution in [2.75, 3.05) is 19.5 Å². The summed E-state index contributed by atoms with van der Waals surface area (Å²) in [4.78, 5) is 0. The summed E-state index contributed by atoms with van der Waals surface area (Å²) in [6, 6.07) is 19.9. The number of rotatable bonds is 9. The van der Waals surface area contributed by atoms with E-state index in [1.54, 1.807) is 25.1 Å². The first kappa shape index (κ1) is 20.1. The van der Waals surface area contributed by atoms with Crippen LogP contribution in [0.3, 0.4) is 0 Å². The topological polar surface area (TPSA) is 62.3 Å². The molecule has 0 aliphatic carbocycles. The number of hydrogen-bond donors (Lipinski definition) is 0. The Morgan fingerprint density at radius 2 is 1.73 bits per heavy atom. The Balaban J connectivity index is 1.50. The molecule has 0 bridgehead atoms. The van der Waals surface area contributed by atoms with Crippen LogP contribution in [-0.4, -0.2) is 34.2 Å². The van der Waals surface area contributed by atoms with Crippen LogP contribution in [-0.2, 0) is 6.54 Å². The van der Waals surface area contributed by atoms with Gasteiger partial charge in [0.15, 0.2) is 22.5 Å². The lowest BCUT2D eigenvalue weighted by atomic mass is 10.2. The summed E-state index contributed by atoms with van der Waals surface area (Å²) in [5.41, 5.74) is 2.14. The molecule has 7 heteroatoms. The number of benzene rings is 2. The lowest BCUT2D eigenvalue weighted by Gasteiger charge is -2.11. The van der Waals surface area contributed by atoms with Crippen LogP contribution < -0.4 is 9.47 Å². The standard InChI is InChI=1S/C23H23N3O3S/c1-17-19(12-13-28-17)22-24-25-23(26(22)16-18-8-4-3-5-9-18)30-15-14-29-21-11-7-6-10-20(21)27-2/h3-13H,14-16H2,1-2H3. The summed E-state index contributed by atoms with van der Waals surface area (Å²) in [6.07, 6.45) is 1.68. The molecular weight excluding hydrogens is 398 g/mol. The highest BCUT2D eigenvalue weighted by atomic mass is 32.2. The molecule has 154 valence electrons. The monoisotopic (exact) mass is 421 g/mol. The number of aromatic nitrogens is 3. The van der Waals surface area contributed by atoms with Crippen molar-refractivity contribution < 1.29 is 13.9 Å². The second-order valence-corrected chi connectivity index (χ2v) is 7.68. The van der Waals surface area contributed by atoms with Crippen molar-refractivity contribution in [1.29, 1.82) is 0 Å². The van der Waals surface area contributed by atoms with E-state index in [1.807, 2.05) is 55.5 Å². The molecule has 0 unspecified atom stereocenters. The first-order chi connectivity index (χ1) is 14.8. The molecule has 30 heavy (non-hydrogen) atoms. The third kappa shape index (κ3) is 4.52. The van der Waals surface area contributed by atoms with Crippen molar-refractivity contribution in [2.45, 2.75) is 18.6 Å². The van der Waals surface area contributed by atoms with Crippen molar-refractivity contribution in [3.63, 3.8) is 0 Å². The van der Waals surface area contributed by atoms with E-state index in [0.717, 1.165) is 39.6 Å². The minimum Gasteiger partial charge on any atom is -0.493 e. The Morgan fingerprint density at radius 3 is 2.47 bits per heavy atom. The van der Waals surface area contributed by atoms with Gasteiger partial charge in [-0.1, -0.05) is 54.2 Å². The molecular formula is C23H23N3O3S. The van der Waals surface area contributed by atoms with Crippen molar-refractivity contribution in [3.8, 4) is 22.9 Å². The van der Waals surface area contributed by atoms with Crippen LogP contribution in [0.2, 0.25) is 0 Å². The van der Waals surface area contributed by atoms with E-state index in [-0.39, 0.29) is 0 Å². The molecule has 2 aromatic heterocycles. The fourth-order valence-electron chi connectivity index (χ4n) is 3.14. The highest BCUT2D eigenvalue weighted by molar-refractivity contribution is 7.99. The van der Waals surface area contributed by atoms with Crippen LogP contribution in [0.4, 0.5) is 0 Å². The smallest absolute Gasteiger partial charge is 0.191 e. The van der Waals surface area contributed by atoms with Crippen LogP contribution in [0.5, 0.6) is 11.5 Å². The van der Waals surface area contributed by atoms with E-state index < -0.39 is 0 Å². The van der Waals surface area contributed by atoms with E-state index in [9.17, 15) is 0 Å². The van der Waals surface area contributed by atoms with Crippen molar-refractivity contribution >= 4 is 11.8 Å². The summed E-state index contributed by atoms with van der Waals surface area (Å²) >= 11 is 1.62. The summed E-state index contributed by atoms with van der Waals surface area (Å²) in [5.74, 6) is 3.83. The summed E-state index contributed by atoms with van der Waals surface area (Å²) in [6.45, 7) is 3.15. The first-order valence-electron chi connectivity index (χ1n) is 9.66. The van der Waals surface area contributed by atoms with Crippen LogP contribution in [0, 0.1) is 6.92 Å². The zero-order valence-corrected chi connectivity index (χ0v) is 17.8. The number of thioether (sulfide) groups is 1. The van der Waals surface area contributed by atoms with Crippen LogP contribution in [0.1, 0.15) is 11.3 Å². The Bertz CT molecular complexity index is 1090. The van der Waals surface area contributed by atoms with Crippen LogP contribution in [0.25, 0.3) is 11.4 Å². The fourth-order valence-corrected chi connectivity index (χ4v) is 3.90. The molecule has 4 aromatic rings. The van der Waals surface area contributed by atoms with Gasteiger partial charge in [0.25, 0.3) is 0 Å². The largest absolute Gasteiger partial charge is 0.493 e. The predicted octanol–water partition coefficient (Wildman–Crippen LogP) is 5.07. The number of ether oxygens (including phenoxy) is 2. The molecule has 0 fully saturated rings. The molecule has 0 aliphatic heterocycles. The van der Waals surface area contributed by atoms with Crippen molar-refractivity contribution in [1.82, 2.24) is 14.8 Å². The number of aryl methyl sites for hydroxylation is 1. The summed E-state index contributed by atoms with van der Waals surface area (Å²) in [7, 11) is 1.64. The second-order valence-electron chi connectivity index (χ2n) is 6.62.